The molecule has 9 heteroatoms. The number of hydrogen-bond donors (Lipinski definition) is 0. The lowest BCUT2D eigenvalue weighted by atomic mass is 10.1. The summed E-state index contributed by atoms with van der Waals surface area (Å²) in [4.78, 5) is 15.4. The van der Waals surface area contributed by atoms with E-state index >= 15 is 0 Å². The molecule has 0 radical (unpaired) electrons. The summed E-state index contributed by atoms with van der Waals surface area (Å²) in [6.45, 7) is 0. The average molecular weight is 514 g/mol. The fourth-order valence-electron chi connectivity index (χ4n) is 3.50. The van der Waals surface area contributed by atoms with E-state index in [0.717, 1.165) is 44.5 Å². The van der Waals surface area contributed by atoms with Crippen LogP contribution < -0.4 is 4.90 Å². The number of thiocarbonyl (C=S) groups is 1. The third-order valence-electron chi connectivity index (χ3n) is 5.06. The van der Waals surface area contributed by atoms with Gasteiger partial charge < -0.3 is 4.42 Å². The Bertz CT molecular complexity index is 1450. The number of furan rings is 1. The second-order valence-electron chi connectivity index (χ2n) is 7.30. The molecule has 4 aromatic rings. The molecule has 0 saturated carbocycles. The Kier molecular flexibility index (Phi) is 6.01. The number of hydrogen-bond acceptors (Lipinski definition) is 5. The minimum absolute atomic E-state index is 0.0763. The van der Waals surface area contributed by atoms with Crippen LogP contribution in [-0.2, 0) is 11.0 Å². The largest absolute Gasteiger partial charge is 0.450 e. The molecule has 1 fully saturated rings. The van der Waals surface area contributed by atoms with Gasteiger partial charge in [-0.25, -0.2) is 0 Å². The lowest BCUT2D eigenvalue weighted by Gasteiger charge is -2.16. The van der Waals surface area contributed by atoms with Gasteiger partial charge >= 0.3 is 6.18 Å². The third-order valence-corrected chi connectivity index (χ3v) is 7.36. The van der Waals surface area contributed by atoms with Crippen molar-refractivity contribution in [3.05, 3.63) is 95.1 Å². The second kappa shape index (κ2) is 8.98. The highest BCUT2D eigenvalue weighted by molar-refractivity contribution is 8.27. The summed E-state index contributed by atoms with van der Waals surface area (Å²) in [7, 11) is 0. The first kappa shape index (κ1) is 22.8. The summed E-state index contributed by atoms with van der Waals surface area (Å²) in [5.74, 6) is -0.0405. The van der Waals surface area contributed by atoms with Crippen LogP contribution in [0.1, 0.15) is 11.3 Å². The van der Waals surface area contributed by atoms with Crippen molar-refractivity contribution < 1.29 is 22.4 Å². The number of thioether (sulfide) groups is 1. The highest BCUT2D eigenvalue weighted by Gasteiger charge is 2.36. The van der Waals surface area contributed by atoms with E-state index in [-0.39, 0.29) is 14.9 Å². The molecule has 0 atom stereocenters. The summed E-state index contributed by atoms with van der Waals surface area (Å²) in [6.07, 6.45) is -2.96. The molecule has 0 bridgehead atoms. The zero-order chi connectivity index (χ0) is 23.9. The number of halogens is 3. The second-order valence-corrected chi connectivity index (χ2v) is 10.0. The minimum Gasteiger partial charge on any atom is -0.450 e. The Balaban J connectivity index is 1.38. The van der Waals surface area contributed by atoms with E-state index in [9.17, 15) is 18.0 Å². The summed E-state index contributed by atoms with van der Waals surface area (Å²) in [5.41, 5.74) is -0.767. The van der Waals surface area contributed by atoms with E-state index in [1.807, 2.05) is 48.5 Å². The molecule has 1 aliphatic heterocycles. The van der Waals surface area contributed by atoms with E-state index < -0.39 is 17.6 Å². The fraction of sp³-hybridized carbons (Fsp3) is 0.0400. The highest BCUT2D eigenvalue weighted by atomic mass is 32.2. The molecule has 1 saturated heterocycles. The van der Waals surface area contributed by atoms with Gasteiger partial charge in [-0.05, 0) is 47.2 Å². The van der Waals surface area contributed by atoms with Gasteiger partial charge in [-0.1, -0.05) is 78.2 Å². The SMILES string of the molecule is O=C1C(=Cc2ccc(Sc3cccc4ccccc34)o2)SC(=S)N1c1cccc(C(F)(F)F)c1. The number of amides is 1. The van der Waals surface area contributed by atoms with Gasteiger partial charge in [0.2, 0.25) is 0 Å². The zero-order valence-corrected chi connectivity index (χ0v) is 19.7. The molecule has 3 nitrogen and oxygen atoms in total. The van der Waals surface area contributed by atoms with Crippen LogP contribution in [0.3, 0.4) is 0 Å². The molecule has 34 heavy (non-hydrogen) atoms. The molecular weight excluding hydrogens is 499 g/mol. The lowest BCUT2D eigenvalue weighted by Crippen LogP contribution is -2.27. The molecular formula is C25H14F3NO2S3. The molecule has 1 aromatic heterocycles. The third kappa shape index (κ3) is 4.51. The van der Waals surface area contributed by atoms with Crippen molar-refractivity contribution in [2.75, 3.05) is 4.90 Å². The summed E-state index contributed by atoms with van der Waals surface area (Å²) in [5, 5.41) is 2.88. The van der Waals surface area contributed by atoms with Gasteiger partial charge in [0.1, 0.15) is 5.76 Å². The average Bonchev–Trinajstić information content (AvgIpc) is 3.36. The Morgan fingerprint density at radius 1 is 0.971 bits per heavy atom. The van der Waals surface area contributed by atoms with Crippen LogP contribution in [0.25, 0.3) is 16.8 Å². The van der Waals surface area contributed by atoms with Crippen LogP contribution in [0.5, 0.6) is 0 Å². The predicted octanol–water partition coefficient (Wildman–Crippen LogP) is 8.01. The van der Waals surface area contributed by atoms with Gasteiger partial charge in [0.25, 0.3) is 5.91 Å². The van der Waals surface area contributed by atoms with Gasteiger partial charge in [-0.15, -0.1) is 0 Å². The Hall–Kier alpha value is -3.01. The first-order chi connectivity index (χ1) is 16.3. The normalized spacial score (nSPS) is 15.6. The Labute approximate surface area is 206 Å². The van der Waals surface area contributed by atoms with E-state index in [0.29, 0.717) is 10.9 Å². The quantitative estimate of drug-likeness (QED) is 0.204. The number of benzene rings is 3. The molecule has 1 aliphatic rings. The van der Waals surface area contributed by atoms with Gasteiger partial charge in [0.15, 0.2) is 9.41 Å². The number of alkyl halides is 3. The predicted molar refractivity (Wildman–Crippen MR) is 134 cm³/mol. The van der Waals surface area contributed by atoms with Crippen LogP contribution in [-0.4, -0.2) is 10.2 Å². The van der Waals surface area contributed by atoms with E-state index in [2.05, 4.69) is 0 Å². The first-order valence-electron chi connectivity index (χ1n) is 10.0. The van der Waals surface area contributed by atoms with Crippen molar-refractivity contribution in [3.63, 3.8) is 0 Å². The van der Waals surface area contributed by atoms with Gasteiger partial charge in [-0.3, -0.25) is 9.69 Å². The van der Waals surface area contributed by atoms with E-state index in [4.69, 9.17) is 16.6 Å². The van der Waals surface area contributed by atoms with Crippen LogP contribution in [0, 0.1) is 0 Å². The molecule has 0 spiro atoms. The van der Waals surface area contributed by atoms with Gasteiger partial charge in [-0.2, -0.15) is 13.2 Å². The van der Waals surface area contributed by atoms with Gasteiger partial charge in [0.05, 0.1) is 16.2 Å². The standard InChI is InChI=1S/C25H14F3NO2S3/c26-25(27,28)16-7-4-8-17(13-16)29-23(30)21(34-24(29)32)14-18-11-12-22(31-18)33-20-10-3-6-15-5-1-2-9-19(15)20/h1-14H. The van der Waals surface area contributed by atoms with Crippen molar-refractivity contribution in [1.29, 1.82) is 0 Å². The molecule has 170 valence electrons. The maximum absolute atomic E-state index is 13.1. The minimum atomic E-state index is -4.52. The summed E-state index contributed by atoms with van der Waals surface area (Å²) >= 11 is 7.77. The maximum atomic E-state index is 13.1. The number of nitrogens with zero attached hydrogens (tertiary/aromatic N) is 1. The van der Waals surface area contributed by atoms with Crippen molar-refractivity contribution in [2.24, 2.45) is 0 Å². The van der Waals surface area contributed by atoms with Crippen molar-refractivity contribution in [3.8, 4) is 0 Å². The van der Waals surface area contributed by atoms with E-state index in [1.165, 1.54) is 23.9 Å². The summed E-state index contributed by atoms with van der Waals surface area (Å²) in [6, 6.07) is 22.2. The van der Waals surface area contributed by atoms with Crippen molar-refractivity contribution in [1.82, 2.24) is 0 Å². The molecule has 2 heterocycles. The van der Waals surface area contributed by atoms with E-state index in [1.54, 1.807) is 12.1 Å². The van der Waals surface area contributed by atoms with Crippen molar-refractivity contribution in [2.45, 2.75) is 16.2 Å². The van der Waals surface area contributed by atoms with Crippen LogP contribution in [0.4, 0.5) is 18.9 Å². The Morgan fingerprint density at radius 3 is 2.56 bits per heavy atom. The molecule has 5 rings (SSSR count). The topological polar surface area (TPSA) is 33.5 Å². The maximum Gasteiger partial charge on any atom is 0.416 e. The lowest BCUT2D eigenvalue weighted by molar-refractivity contribution is -0.137. The number of carbonyl (C=O) groups is 1. The molecule has 0 aliphatic carbocycles. The molecule has 0 unspecified atom stereocenters. The monoisotopic (exact) mass is 513 g/mol. The fourth-order valence-corrected chi connectivity index (χ4v) is 5.71. The number of fused-ring (bicyclic) bond motifs is 1. The highest BCUT2D eigenvalue weighted by Crippen LogP contribution is 2.39. The smallest absolute Gasteiger partial charge is 0.416 e. The zero-order valence-electron chi connectivity index (χ0n) is 17.2. The van der Waals surface area contributed by atoms with Gasteiger partial charge in [0, 0.05) is 11.0 Å². The number of rotatable bonds is 4. The van der Waals surface area contributed by atoms with Crippen molar-refractivity contribution >= 4 is 68.5 Å². The van der Waals surface area contributed by atoms with Crippen LogP contribution in [0.15, 0.2) is 98.2 Å². The Morgan fingerprint density at radius 2 is 1.74 bits per heavy atom. The van der Waals surface area contributed by atoms with Crippen LogP contribution >= 0.6 is 35.7 Å². The first-order valence-corrected chi connectivity index (χ1v) is 12.0. The molecule has 0 N–H and O–H groups in total. The molecule has 3 aromatic carbocycles. The number of anilines is 1. The summed E-state index contributed by atoms with van der Waals surface area (Å²) < 4.78 is 45.3. The number of carbonyl (C=O) groups excluding carboxylic acids is 1. The molecule has 1 amide bonds. The van der Waals surface area contributed by atoms with Crippen LogP contribution in [0.2, 0.25) is 0 Å².